The Labute approximate surface area is 300 Å². The van der Waals surface area contributed by atoms with Crippen LogP contribution in [0.3, 0.4) is 0 Å². The number of ether oxygens (including phenoxy) is 2. The van der Waals surface area contributed by atoms with Crippen molar-refractivity contribution in [2.24, 2.45) is 0 Å². The van der Waals surface area contributed by atoms with Gasteiger partial charge in [-0.1, -0.05) is 110 Å². The minimum absolute atomic E-state index is 0.351. The number of carbonyl (C=O) groups is 2. The molecule has 2 atom stereocenters. The molecule has 0 spiro atoms. The van der Waals surface area contributed by atoms with Crippen LogP contribution in [0.4, 0.5) is 0 Å². The van der Waals surface area contributed by atoms with Crippen molar-refractivity contribution in [3.63, 3.8) is 0 Å². The lowest BCUT2D eigenvalue weighted by atomic mass is 9.69. The normalized spacial score (nSPS) is 14.0. The predicted octanol–water partition coefficient (Wildman–Crippen LogP) is 11.4. The molecule has 0 N–H and O–H groups in total. The van der Waals surface area contributed by atoms with Gasteiger partial charge in [-0.2, -0.15) is 0 Å². The molecule has 0 radical (unpaired) electrons. The lowest BCUT2D eigenvalue weighted by molar-refractivity contribution is -0.144. The molecule has 0 saturated carbocycles. The molecule has 0 aromatic heterocycles. The fraction of sp³-hybridized carbons (Fsp3) is 0.191. The maximum Gasteiger partial charge on any atom is 0.333 e. The Morgan fingerprint density at radius 3 is 1.27 bits per heavy atom. The molecular formula is C47H42O4. The fourth-order valence-electron chi connectivity index (χ4n) is 7.75. The average Bonchev–Trinajstić information content (AvgIpc) is 3.38. The van der Waals surface area contributed by atoms with E-state index in [9.17, 15) is 9.59 Å². The molecule has 0 heterocycles. The summed E-state index contributed by atoms with van der Waals surface area (Å²) in [5, 5.41) is 4.72. The van der Waals surface area contributed by atoms with Crippen LogP contribution in [0, 0.1) is 0 Å². The molecule has 4 heteroatoms. The highest BCUT2D eigenvalue weighted by Crippen LogP contribution is 2.56. The van der Waals surface area contributed by atoms with Gasteiger partial charge in [-0.05, 0) is 131 Å². The molecule has 0 fully saturated rings. The molecule has 2 unspecified atom stereocenters. The van der Waals surface area contributed by atoms with Crippen molar-refractivity contribution in [2.75, 3.05) is 0 Å². The summed E-state index contributed by atoms with van der Waals surface area (Å²) in [5.41, 5.74) is 8.91. The van der Waals surface area contributed by atoms with Crippen molar-refractivity contribution in [3.05, 3.63) is 157 Å². The molecule has 6 aromatic rings. The van der Waals surface area contributed by atoms with Gasteiger partial charge in [-0.15, -0.1) is 0 Å². The van der Waals surface area contributed by atoms with E-state index in [-0.39, 0.29) is 0 Å². The summed E-state index contributed by atoms with van der Waals surface area (Å²) in [6.45, 7) is 14.8. The first-order valence-electron chi connectivity index (χ1n) is 17.5. The van der Waals surface area contributed by atoms with Crippen LogP contribution in [0.15, 0.2) is 146 Å². The van der Waals surface area contributed by atoms with Crippen LogP contribution in [0.5, 0.6) is 0 Å². The van der Waals surface area contributed by atoms with Crippen LogP contribution >= 0.6 is 0 Å². The lowest BCUT2D eigenvalue weighted by Crippen LogP contribution is -2.36. The zero-order chi connectivity index (χ0) is 35.9. The second-order valence-electron chi connectivity index (χ2n) is 14.1. The van der Waals surface area contributed by atoms with Crippen molar-refractivity contribution in [1.82, 2.24) is 0 Å². The highest BCUT2D eigenvalue weighted by atomic mass is 16.5. The number of fused-ring (bicyclic) bond motifs is 5. The Kier molecular flexibility index (Phi) is 8.95. The third kappa shape index (κ3) is 6.50. The smallest absolute Gasteiger partial charge is 0.333 e. The maximum atomic E-state index is 12.9. The van der Waals surface area contributed by atoms with Gasteiger partial charge in [0.25, 0.3) is 0 Å². The molecule has 0 bridgehead atoms. The van der Waals surface area contributed by atoms with E-state index in [4.69, 9.17) is 9.47 Å². The Morgan fingerprint density at radius 1 is 0.529 bits per heavy atom. The Bertz CT molecular complexity index is 2200. The summed E-state index contributed by atoms with van der Waals surface area (Å²) in [6.07, 6.45) is 0.0171. The molecule has 51 heavy (non-hydrogen) atoms. The molecule has 7 rings (SSSR count). The van der Waals surface area contributed by atoms with Crippen molar-refractivity contribution in [3.8, 4) is 33.4 Å². The van der Waals surface area contributed by atoms with E-state index in [0.29, 0.717) is 24.0 Å². The van der Waals surface area contributed by atoms with Gasteiger partial charge in [0, 0.05) is 16.6 Å². The van der Waals surface area contributed by atoms with E-state index in [1.807, 2.05) is 13.8 Å². The third-order valence-electron chi connectivity index (χ3n) is 10.1. The van der Waals surface area contributed by atoms with Gasteiger partial charge >= 0.3 is 11.9 Å². The Morgan fingerprint density at radius 2 is 0.882 bits per heavy atom. The lowest BCUT2D eigenvalue weighted by Gasteiger charge is -2.37. The van der Waals surface area contributed by atoms with E-state index >= 15 is 0 Å². The van der Waals surface area contributed by atoms with Crippen molar-refractivity contribution < 1.29 is 19.1 Å². The van der Waals surface area contributed by atoms with Crippen LogP contribution in [0.1, 0.15) is 51.7 Å². The van der Waals surface area contributed by atoms with Crippen LogP contribution in [0.2, 0.25) is 0 Å². The Hall–Kier alpha value is -5.74. The van der Waals surface area contributed by atoms with Crippen molar-refractivity contribution >= 4 is 33.5 Å². The highest BCUT2D eigenvalue weighted by molar-refractivity contribution is 5.92. The van der Waals surface area contributed by atoms with Gasteiger partial charge in [0.15, 0.2) is 0 Å². The summed E-state index contributed by atoms with van der Waals surface area (Å²) in [6, 6.07) is 43.2. The third-order valence-corrected chi connectivity index (χ3v) is 10.1. The first kappa shape index (κ1) is 33.7. The first-order valence-corrected chi connectivity index (χ1v) is 17.5. The summed E-state index contributed by atoms with van der Waals surface area (Å²) in [5.74, 6) is -0.847. The SMILES string of the molecule is C=C(C)C(=O)OC(C)CC1(CC(C)OC(=O)C(=C)C)c2cc(-c3ccc4ccccc4c3)ccc2-c2ccc(-c3ccc4ccccc4c3)cc21. The number of esters is 2. The van der Waals surface area contributed by atoms with Crippen LogP contribution < -0.4 is 0 Å². The van der Waals surface area contributed by atoms with Crippen LogP contribution in [-0.4, -0.2) is 24.1 Å². The van der Waals surface area contributed by atoms with Gasteiger partial charge < -0.3 is 9.47 Å². The zero-order valence-corrected chi connectivity index (χ0v) is 29.7. The number of hydrogen-bond donors (Lipinski definition) is 0. The van der Waals surface area contributed by atoms with E-state index in [2.05, 4.69) is 134 Å². The van der Waals surface area contributed by atoms with E-state index in [1.54, 1.807) is 13.8 Å². The minimum Gasteiger partial charge on any atom is -0.459 e. The average molecular weight is 671 g/mol. The van der Waals surface area contributed by atoms with Crippen molar-refractivity contribution in [2.45, 2.75) is 58.2 Å². The van der Waals surface area contributed by atoms with Gasteiger partial charge in [0.1, 0.15) is 12.2 Å². The monoisotopic (exact) mass is 670 g/mol. The van der Waals surface area contributed by atoms with Crippen LogP contribution in [0.25, 0.3) is 54.9 Å². The molecular weight excluding hydrogens is 629 g/mol. The number of hydrogen-bond acceptors (Lipinski definition) is 4. The number of benzene rings is 6. The van der Waals surface area contributed by atoms with Gasteiger partial charge in [-0.25, -0.2) is 9.59 Å². The molecule has 6 aromatic carbocycles. The molecule has 4 nitrogen and oxygen atoms in total. The zero-order valence-electron chi connectivity index (χ0n) is 29.7. The predicted molar refractivity (Wildman–Crippen MR) is 209 cm³/mol. The standard InChI is InChI=1S/C47H42O4/c1-29(2)45(48)50-31(5)27-47(28-32(6)51-46(49)30(3)4)43-25-39(37-17-15-33-11-7-9-13-35(33)23-37)19-21-41(43)42-22-20-40(26-44(42)47)38-18-16-34-12-8-10-14-36(34)24-38/h7-26,31-32H,1,3,27-28H2,2,4-6H3. The number of rotatable bonds is 10. The highest BCUT2D eigenvalue weighted by Gasteiger charge is 2.46. The largest absolute Gasteiger partial charge is 0.459 e. The first-order chi connectivity index (χ1) is 24.5. The van der Waals surface area contributed by atoms with Gasteiger partial charge in [0.05, 0.1) is 0 Å². The summed E-state index contributed by atoms with van der Waals surface area (Å²) in [7, 11) is 0. The molecule has 0 aliphatic heterocycles. The summed E-state index contributed by atoms with van der Waals surface area (Å²) >= 11 is 0. The molecule has 1 aliphatic rings. The summed E-state index contributed by atoms with van der Waals surface area (Å²) in [4.78, 5) is 25.7. The molecule has 254 valence electrons. The minimum atomic E-state index is -0.673. The topological polar surface area (TPSA) is 52.6 Å². The maximum absolute atomic E-state index is 12.9. The van der Waals surface area contributed by atoms with Crippen molar-refractivity contribution in [1.29, 1.82) is 0 Å². The van der Waals surface area contributed by atoms with E-state index in [1.165, 1.54) is 21.5 Å². The molecule has 1 aliphatic carbocycles. The van der Waals surface area contributed by atoms with E-state index in [0.717, 1.165) is 44.5 Å². The quantitative estimate of drug-likeness (QED) is 0.108. The van der Waals surface area contributed by atoms with Gasteiger partial charge in [-0.3, -0.25) is 0 Å². The van der Waals surface area contributed by atoms with E-state index < -0.39 is 29.6 Å². The summed E-state index contributed by atoms with van der Waals surface area (Å²) < 4.78 is 12.0. The molecule has 0 amide bonds. The molecule has 0 saturated heterocycles. The second-order valence-corrected chi connectivity index (χ2v) is 14.1. The second kappa shape index (κ2) is 13.5. The number of carbonyl (C=O) groups excluding carboxylic acids is 2. The van der Waals surface area contributed by atoms with Gasteiger partial charge in [0.2, 0.25) is 0 Å². The fourth-order valence-corrected chi connectivity index (χ4v) is 7.75. The Balaban J connectivity index is 1.42. The van der Waals surface area contributed by atoms with Crippen LogP contribution in [-0.2, 0) is 24.5 Å².